The first kappa shape index (κ1) is 14.8. The van der Waals surface area contributed by atoms with Crippen LogP contribution in [0, 0.1) is 0 Å². The van der Waals surface area contributed by atoms with Gasteiger partial charge in [-0.1, -0.05) is 0 Å². The first-order valence-electron chi connectivity index (χ1n) is 5.90. The van der Waals surface area contributed by atoms with Crippen LogP contribution < -0.4 is 11.5 Å². The molecule has 0 bridgehead atoms. The minimum absolute atomic E-state index is 0.181. The van der Waals surface area contributed by atoms with Crippen LogP contribution in [0.4, 0.5) is 0 Å². The lowest BCUT2D eigenvalue weighted by Crippen LogP contribution is -2.17. The molecule has 0 saturated carbocycles. The van der Waals surface area contributed by atoms with Crippen LogP contribution in [0.1, 0.15) is 32.6 Å². The standard InChI is InChI=1S/C11H26N2O2/c1-11(15-9-5-3-7-13)10-14-8-4-2-6-12/h11H,2-10,12-13H2,1H3. The third-order valence-corrected chi connectivity index (χ3v) is 2.10. The predicted molar refractivity (Wildman–Crippen MR) is 62.8 cm³/mol. The van der Waals surface area contributed by atoms with E-state index in [1.54, 1.807) is 0 Å². The largest absolute Gasteiger partial charge is 0.379 e. The van der Waals surface area contributed by atoms with Gasteiger partial charge in [0, 0.05) is 13.2 Å². The second kappa shape index (κ2) is 11.9. The van der Waals surface area contributed by atoms with Gasteiger partial charge in [-0.15, -0.1) is 0 Å². The van der Waals surface area contributed by atoms with Gasteiger partial charge < -0.3 is 20.9 Å². The van der Waals surface area contributed by atoms with Gasteiger partial charge in [-0.2, -0.15) is 0 Å². The fourth-order valence-corrected chi connectivity index (χ4v) is 1.18. The lowest BCUT2D eigenvalue weighted by Gasteiger charge is -2.13. The molecule has 4 N–H and O–H groups in total. The van der Waals surface area contributed by atoms with Crippen molar-refractivity contribution in [3.8, 4) is 0 Å². The minimum atomic E-state index is 0.181. The van der Waals surface area contributed by atoms with E-state index in [0.29, 0.717) is 6.61 Å². The third-order valence-electron chi connectivity index (χ3n) is 2.10. The molecular weight excluding hydrogens is 192 g/mol. The summed E-state index contributed by atoms with van der Waals surface area (Å²) in [5.74, 6) is 0. The molecule has 15 heavy (non-hydrogen) atoms. The molecule has 0 spiro atoms. The fraction of sp³-hybridized carbons (Fsp3) is 1.00. The summed E-state index contributed by atoms with van der Waals surface area (Å²) < 4.78 is 11.0. The van der Waals surface area contributed by atoms with E-state index in [9.17, 15) is 0 Å². The van der Waals surface area contributed by atoms with Gasteiger partial charge in [0.05, 0.1) is 12.7 Å². The van der Waals surface area contributed by atoms with Gasteiger partial charge in [0.25, 0.3) is 0 Å². The molecule has 0 saturated heterocycles. The monoisotopic (exact) mass is 218 g/mol. The predicted octanol–water partition coefficient (Wildman–Crippen LogP) is 0.886. The zero-order chi connectivity index (χ0) is 11.4. The van der Waals surface area contributed by atoms with Crippen LogP contribution in [-0.2, 0) is 9.47 Å². The Kier molecular flexibility index (Phi) is 11.8. The maximum absolute atomic E-state index is 5.55. The van der Waals surface area contributed by atoms with Crippen LogP contribution in [0.25, 0.3) is 0 Å². The van der Waals surface area contributed by atoms with Crippen molar-refractivity contribution >= 4 is 0 Å². The summed E-state index contributed by atoms with van der Waals surface area (Å²) in [7, 11) is 0. The molecule has 0 amide bonds. The highest BCUT2D eigenvalue weighted by atomic mass is 16.5. The van der Waals surface area contributed by atoms with Crippen LogP contribution in [0.5, 0.6) is 0 Å². The molecule has 0 aromatic carbocycles. The van der Waals surface area contributed by atoms with E-state index in [-0.39, 0.29) is 6.10 Å². The van der Waals surface area contributed by atoms with E-state index in [4.69, 9.17) is 20.9 Å². The summed E-state index contributed by atoms with van der Waals surface area (Å²) in [6, 6.07) is 0. The molecule has 0 aliphatic rings. The van der Waals surface area contributed by atoms with Gasteiger partial charge in [0.15, 0.2) is 0 Å². The van der Waals surface area contributed by atoms with E-state index in [2.05, 4.69) is 0 Å². The Morgan fingerprint density at radius 2 is 1.53 bits per heavy atom. The maximum atomic E-state index is 5.55. The Morgan fingerprint density at radius 1 is 0.933 bits per heavy atom. The molecule has 0 aromatic heterocycles. The van der Waals surface area contributed by atoms with E-state index in [0.717, 1.165) is 52.0 Å². The number of nitrogens with two attached hydrogens (primary N) is 2. The Bertz CT molecular complexity index is 123. The second-order valence-electron chi connectivity index (χ2n) is 3.75. The molecule has 0 radical (unpaired) electrons. The molecule has 4 heteroatoms. The van der Waals surface area contributed by atoms with E-state index >= 15 is 0 Å². The number of rotatable bonds is 11. The van der Waals surface area contributed by atoms with Crippen molar-refractivity contribution in [1.29, 1.82) is 0 Å². The molecule has 0 heterocycles. The summed E-state index contributed by atoms with van der Waals surface area (Å²) in [5.41, 5.74) is 10.8. The van der Waals surface area contributed by atoms with Gasteiger partial charge in [-0.05, 0) is 45.7 Å². The highest BCUT2D eigenvalue weighted by Crippen LogP contribution is 1.97. The van der Waals surface area contributed by atoms with E-state index in [1.165, 1.54) is 0 Å². The normalized spacial score (nSPS) is 13.0. The van der Waals surface area contributed by atoms with Crippen molar-refractivity contribution in [2.24, 2.45) is 11.5 Å². The molecule has 92 valence electrons. The van der Waals surface area contributed by atoms with Crippen molar-refractivity contribution in [1.82, 2.24) is 0 Å². The summed E-state index contributed by atoms with van der Waals surface area (Å²) in [6.07, 6.45) is 4.32. The molecule has 0 aromatic rings. The Labute approximate surface area is 93.3 Å². The molecule has 1 unspecified atom stereocenters. The maximum Gasteiger partial charge on any atom is 0.0780 e. The highest BCUT2D eigenvalue weighted by molar-refractivity contribution is 4.49. The first-order chi connectivity index (χ1) is 7.31. The number of ether oxygens (including phenoxy) is 2. The molecule has 0 rings (SSSR count). The molecule has 0 fully saturated rings. The van der Waals surface area contributed by atoms with E-state index in [1.807, 2.05) is 6.92 Å². The molecule has 0 aliphatic heterocycles. The summed E-state index contributed by atoms with van der Waals surface area (Å²) in [4.78, 5) is 0. The van der Waals surface area contributed by atoms with Crippen molar-refractivity contribution in [2.75, 3.05) is 32.9 Å². The number of unbranched alkanes of at least 4 members (excludes halogenated alkanes) is 2. The van der Waals surface area contributed by atoms with Gasteiger partial charge in [-0.3, -0.25) is 0 Å². The van der Waals surface area contributed by atoms with Gasteiger partial charge >= 0.3 is 0 Å². The third kappa shape index (κ3) is 11.8. The highest BCUT2D eigenvalue weighted by Gasteiger charge is 2.01. The topological polar surface area (TPSA) is 70.5 Å². The van der Waals surface area contributed by atoms with Crippen molar-refractivity contribution in [3.63, 3.8) is 0 Å². The lowest BCUT2D eigenvalue weighted by atomic mass is 10.3. The molecule has 4 nitrogen and oxygen atoms in total. The first-order valence-corrected chi connectivity index (χ1v) is 5.90. The van der Waals surface area contributed by atoms with Crippen molar-refractivity contribution in [2.45, 2.75) is 38.7 Å². The zero-order valence-electron chi connectivity index (χ0n) is 9.91. The Balaban J connectivity index is 3.08. The van der Waals surface area contributed by atoms with Gasteiger partial charge in [0.1, 0.15) is 0 Å². The van der Waals surface area contributed by atoms with E-state index < -0.39 is 0 Å². The quantitative estimate of drug-likeness (QED) is 0.505. The van der Waals surface area contributed by atoms with Crippen LogP contribution in [-0.4, -0.2) is 39.0 Å². The number of hydrogen-bond acceptors (Lipinski definition) is 4. The summed E-state index contributed by atoms with van der Waals surface area (Å²) >= 11 is 0. The summed E-state index contributed by atoms with van der Waals surface area (Å²) in [6.45, 7) is 5.76. The Hall–Kier alpha value is -0.160. The Morgan fingerprint density at radius 3 is 2.13 bits per heavy atom. The van der Waals surface area contributed by atoms with Crippen LogP contribution in [0.2, 0.25) is 0 Å². The lowest BCUT2D eigenvalue weighted by molar-refractivity contribution is -0.00826. The average Bonchev–Trinajstić information content (AvgIpc) is 2.24. The fourth-order valence-electron chi connectivity index (χ4n) is 1.18. The van der Waals surface area contributed by atoms with Gasteiger partial charge in [0.2, 0.25) is 0 Å². The summed E-state index contributed by atoms with van der Waals surface area (Å²) in [5, 5.41) is 0. The minimum Gasteiger partial charge on any atom is -0.379 e. The van der Waals surface area contributed by atoms with Crippen LogP contribution in [0.15, 0.2) is 0 Å². The smallest absolute Gasteiger partial charge is 0.0780 e. The number of hydrogen-bond donors (Lipinski definition) is 2. The second-order valence-corrected chi connectivity index (χ2v) is 3.75. The van der Waals surface area contributed by atoms with Crippen LogP contribution in [0.3, 0.4) is 0 Å². The SMILES string of the molecule is CC(COCCCCN)OCCCCN. The molecule has 1 atom stereocenters. The van der Waals surface area contributed by atoms with Crippen molar-refractivity contribution < 1.29 is 9.47 Å². The zero-order valence-corrected chi connectivity index (χ0v) is 9.91. The van der Waals surface area contributed by atoms with Gasteiger partial charge in [-0.25, -0.2) is 0 Å². The molecule has 0 aliphatic carbocycles. The van der Waals surface area contributed by atoms with Crippen LogP contribution >= 0.6 is 0 Å². The molecular formula is C11H26N2O2. The average molecular weight is 218 g/mol. The van der Waals surface area contributed by atoms with Crippen molar-refractivity contribution in [3.05, 3.63) is 0 Å².